The Labute approximate surface area is 153 Å². The summed E-state index contributed by atoms with van der Waals surface area (Å²) in [5.41, 5.74) is 3.39. The van der Waals surface area contributed by atoms with Crippen molar-refractivity contribution in [3.63, 3.8) is 0 Å². The molecule has 0 amide bonds. The highest BCUT2D eigenvalue weighted by atomic mass is 19.1. The third-order valence-corrected chi connectivity index (χ3v) is 4.21. The third kappa shape index (κ3) is 3.10. The van der Waals surface area contributed by atoms with E-state index in [1.165, 1.54) is 24.3 Å². The highest BCUT2D eigenvalue weighted by molar-refractivity contribution is 5.87. The number of aromatic nitrogens is 3. The number of hydrogen-bond donors (Lipinski definition) is 1. The SMILES string of the molecule is Cc1onc(-c2cccc(F)c2)c1-c1cn(-c2ccc(C(=O)O)cc2)cn1. The van der Waals surface area contributed by atoms with E-state index in [4.69, 9.17) is 9.63 Å². The van der Waals surface area contributed by atoms with Crippen LogP contribution in [0.3, 0.4) is 0 Å². The number of aromatic carboxylic acids is 1. The summed E-state index contributed by atoms with van der Waals surface area (Å²) in [5.74, 6) is -0.767. The highest BCUT2D eigenvalue weighted by Gasteiger charge is 2.19. The molecule has 2 heterocycles. The first-order valence-electron chi connectivity index (χ1n) is 8.13. The number of rotatable bonds is 4. The molecule has 0 aliphatic rings. The van der Waals surface area contributed by atoms with Crippen molar-refractivity contribution in [2.75, 3.05) is 0 Å². The summed E-state index contributed by atoms with van der Waals surface area (Å²) in [4.78, 5) is 15.4. The van der Waals surface area contributed by atoms with Gasteiger partial charge in [0.15, 0.2) is 0 Å². The zero-order valence-corrected chi connectivity index (χ0v) is 14.3. The summed E-state index contributed by atoms with van der Waals surface area (Å²) in [7, 11) is 0. The first-order chi connectivity index (χ1) is 13.0. The van der Waals surface area contributed by atoms with Crippen molar-refractivity contribution >= 4 is 5.97 Å². The van der Waals surface area contributed by atoms with Crippen LogP contribution in [-0.2, 0) is 0 Å². The number of aryl methyl sites for hydroxylation is 1. The second-order valence-electron chi connectivity index (χ2n) is 5.99. The van der Waals surface area contributed by atoms with Crippen molar-refractivity contribution in [3.05, 3.63) is 78.2 Å². The zero-order valence-electron chi connectivity index (χ0n) is 14.3. The Morgan fingerprint density at radius 2 is 1.96 bits per heavy atom. The molecule has 1 N–H and O–H groups in total. The Balaban J connectivity index is 1.74. The van der Waals surface area contributed by atoms with Gasteiger partial charge in [0.1, 0.15) is 17.3 Å². The van der Waals surface area contributed by atoms with Crippen LogP contribution in [0, 0.1) is 12.7 Å². The lowest BCUT2D eigenvalue weighted by atomic mass is 10.0. The lowest BCUT2D eigenvalue weighted by Gasteiger charge is -2.02. The molecule has 0 aliphatic heterocycles. The van der Waals surface area contributed by atoms with E-state index in [1.54, 1.807) is 48.3 Å². The molecule has 6 nitrogen and oxygen atoms in total. The van der Waals surface area contributed by atoms with Crippen molar-refractivity contribution in [2.24, 2.45) is 0 Å². The number of hydrogen-bond acceptors (Lipinski definition) is 4. The molecule has 0 atom stereocenters. The van der Waals surface area contributed by atoms with E-state index in [2.05, 4.69) is 10.1 Å². The molecule has 0 saturated carbocycles. The highest BCUT2D eigenvalue weighted by Crippen LogP contribution is 2.33. The fourth-order valence-corrected chi connectivity index (χ4v) is 2.88. The molecule has 0 radical (unpaired) electrons. The predicted molar refractivity (Wildman–Crippen MR) is 96.2 cm³/mol. The molecule has 134 valence electrons. The lowest BCUT2D eigenvalue weighted by molar-refractivity contribution is 0.0697. The van der Waals surface area contributed by atoms with Crippen LogP contribution in [0.2, 0.25) is 0 Å². The van der Waals surface area contributed by atoms with Gasteiger partial charge in [0.05, 0.1) is 23.1 Å². The van der Waals surface area contributed by atoms with Crippen LogP contribution in [0.15, 0.2) is 65.6 Å². The molecule has 0 bridgehead atoms. The minimum atomic E-state index is -0.979. The Bertz CT molecular complexity index is 1130. The largest absolute Gasteiger partial charge is 0.478 e. The molecule has 4 rings (SSSR count). The van der Waals surface area contributed by atoms with Crippen molar-refractivity contribution in [1.29, 1.82) is 0 Å². The number of carbonyl (C=O) groups is 1. The first kappa shape index (κ1) is 16.7. The fraction of sp³-hybridized carbons (Fsp3) is 0.0500. The lowest BCUT2D eigenvalue weighted by Crippen LogP contribution is -1.97. The van der Waals surface area contributed by atoms with Crippen molar-refractivity contribution in [3.8, 4) is 28.2 Å². The molecule has 27 heavy (non-hydrogen) atoms. The maximum absolute atomic E-state index is 13.6. The number of carboxylic acid groups (broad SMARTS) is 1. The Morgan fingerprint density at radius 3 is 2.67 bits per heavy atom. The average Bonchev–Trinajstić information content (AvgIpc) is 3.28. The van der Waals surface area contributed by atoms with E-state index in [0.29, 0.717) is 28.3 Å². The maximum Gasteiger partial charge on any atom is 0.335 e. The van der Waals surface area contributed by atoms with E-state index < -0.39 is 5.97 Å². The van der Waals surface area contributed by atoms with Gasteiger partial charge in [-0.1, -0.05) is 17.3 Å². The molecule has 2 aromatic heterocycles. The Kier molecular flexibility index (Phi) is 4.04. The molecule has 4 aromatic rings. The predicted octanol–water partition coefficient (Wildman–Crippen LogP) is 4.34. The van der Waals surface area contributed by atoms with E-state index >= 15 is 0 Å². The van der Waals surface area contributed by atoms with Gasteiger partial charge in [-0.25, -0.2) is 14.2 Å². The van der Waals surface area contributed by atoms with Crippen molar-refractivity contribution in [1.82, 2.24) is 14.7 Å². The van der Waals surface area contributed by atoms with Gasteiger partial charge in [-0.05, 0) is 43.3 Å². The number of nitrogens with zero attached hydrogens (tertiary/aromatic N) is 3. The molecule has 0 unspecified atom stereocenters. The van der Waals surface area contributed by atoms with Crippen LogP contribution in [0.1, 0.15) is 16.1 Å². The summed E-state index contributed by atoms with van der Waals surface area (Å²) in [6.45, 7) is 1.77. The fourth-order valence-electron chi connectivity index (χ4n) is 2.88. The molecule has 0 fully saturated rings. The molecule has 0 saturated heterocycles. The number of imidazole rings is 1. The number of benzene rings is 2. The van der Waals surface area contributed by atoms with Gasteiger partial charge < -0.3 is 14.2 Å². The second-order valence-corrected chi connectivity index (χ2v) is 5.99. The third-order valence-electron chi connectivity index (χ3n) is 4.21. The van der Waals surface area contributed by atoms with Crippen LogP contribution >= 0.6 is 0 Å². The van der Waals surface area contributed by atoms with Gasteiger partial charge in [-0.2, -0.15) is 0 Å². The minimum Gasteiger partial charge on any atom is -0.478 e. The summed E-state index contributed by atoms with van der Waals surface area (Å²) in [6.07, 6.45) is 3.41. The number of halogens is 1. The van der Waals surface area contributed by atoms with Crippen LogP contribution in [0.25, 0.3) is 28.2 Å². The van der Waals surface area contributed by atoms with Crippen molar-refractivity contribution < 1.29 is 18.8 Å². The summed E-state index contributed by atoms with van der Waals surface area (Å²) < 4.78 is 20.7. The number of carboxylic acids is 1. The van der Waals surface area contributed by atoms with Crippen LogP contribution in [0.4, 0.5) is 4.39 Å². The molecular weight excluding hydrogens is 349 g/mol. The van der Waals surface area contributed by atoms with E-state index in [-0.39, 0.29) is 11.4 Å². The van der Waals surface area contributed by atoms with Gasteiger partial charge in [0.25, 0.3) is 0 Å². The van der Waals surface area contributed by atoms with Gasteiger partial charge in [-0.3, -0.25) is 0 Å². The molecule has 2 aromatic carbocycles. The molecular formula is C20H14FN3O3. The van der Waals surface area contributed by atoms with Crippen LogP contribution in [-0.4, -0.2) is 25.8 Å². The smallest absolute Gasteiger partial charge is 0.335 e. The normalized spacial score (nSPS) is 10.9. The van der Waals surface area contributed by atoms with Gasteiger partial charge in [0, 0.05) is 17.4 Å². The van der Waals surface area contributed by atoms with Gasteiger partial charge in [-0.15, -0.1) is 0 Å². The zero-order chi connectivity index (χ0) is 19.0. The second kappa shape index (κ2) is 6.53. The maximum atomic E-state index is 13.6. The molecule has 0 aliphatic carbocycles. The summed E-state index contributed by atoms with van der Waals surface area (Å²) >= 11 is 0. The average molecular weight is 363 g/mol. The van der Waals surface area contributed by atoms with Crippen LogP contribution < -0.4 is 0 Å². The van der Waals surface area contributed by atoms with E-state index in [9.17, 15) is 9.18 Å². The summed E-state index contributed by atoms with van der Waals surface area (Å²) in [5, 5.41) is 13.1. The molecule has 0 spiro atoms. The molecule has 7 heteroatoms. The summed E-state index contributed by atoms with van der Waals surface area (Å²) in [6, 6.07) is 12.6. The Hall–Kier alpha value is -3.74. The first-order valence-corrected chi connectivity index (χ1v) is 8.13. The monoisotopic (exact) mass is 363 g/mol. The van der Waals surface area contributed by atoms with Gasteiger partial charge in [0.2, 0.25) is 0 Å². The van der Waals surface area contributed by atoms with E-state index in [0.717, 1.165) is 5.69 Å². The van der Waals surface area contributed by atoms with Crippen LogP contribution in [0.5, 0.6) is 0 Å². The topological polar surface area (TPSA) is 81.2 Å². The minimum absolute atomic E-state index is 0.211. The van der Waals surface area contributed by atoms with E-state index in [1.807, 2.05) is 0 Å². The van der Waals surface area contributed by atoms with Crippen molar-refractivity contribution in [2.45, 2.75) is 6.92 Å². The van der Waals surface area contributed by atoms with Gasteiger partial charge >= 0.3 is 5.97 Å². The quantitative estimate of drug-likeness (QED) is 0.583. The standard InChI is InChI=1S/C20H14FN3O3/c1-12-18(19(23-27-12)14-3-2-4-15(21)9-14)17-10-24(11-22-17)16-7-5-13(6-8-16)20(25)26/h2-11H,1H3,(H,25,26). The Morgan fingerprint density at radius 1 is 1.19 bits per heavy atom.